The number of anilines is 2. The van der Waals surface area contributed by atoms with Crippen LogP contribution in [-0.4, -0.2) is 63.6 Å². The Bertz CT molecular complexity index is 1860. The highest BCUT2D eigenvalue weighted by atomic mass is 32.2. The molecule has 0 radical (unpaired) electrons. The number of carbonyl (C=O) groups is 2. The Morgan fingerprint density at radius 1 is 1.02 bits per heavy atom. The lowest BCUT2D eigenvalue weighted by molar-refractivity contribution is 0.0713. The Morgan fingerprint density at radius 3 is 2.56 bits per heavy atom. The van der Waals surface area contributed by atoms with E-state index < -0.39 is 15.9 Å². The third kappa shape index (κ3) is 5.25. The molecule has 210 valence electrons. The number of piperidine rings is 1. The number of benzene rings is 2. The molecule has 2 amide bonds. The van der Waals surface area contributed by atoms with Crippen LogP contribution < -0.4 is 10.0 Å². The maximum absolute atomic E-state index is 13.9. The summed E-state index contributed by atoms with van der Waals surface area (Å²) in [6.07, 6.45) is 6.20. The third-order valence-corrected chi connectivity index (χ3v) is 8.76. The molecule has 12 heteroatoms. The number of H-pyrrole nitrogens is 1. The van der Waals surface area contributed by atoms with Crippen molar-refractivity contribution in [3.05, 3.63) is 89.9 Å². The van der Waals surface area contributed by atoms with Crippen LogP contribution in [0, 0.1) is 0 Å². The van der Waals surface area contributed by atoms with E-state index in [-0.39, 0.29) is 22.9 Å². The molecule has 0 bridgehead atoms. The maximum Gasteiger partial charge on any atom is 0.270 e. The van der Waals surface area contributed by atoms with E-state index in [9.17, 15) is 18.0 Å². The van der Waals surface area contributed by atoms with Gasteiger partial charge < -0.3 is 15.2 Å². The Labute approximate surface area is 236 Å². The first kappa shape index (κ1) is 26.5. The minimum atomic E-state index is -3.79. The quantitative estimate of drug-likeness (QED) is 0.268. The number of amides is 2. The van der Waals surface area contributed by atoms with Crippen LogP contribution >= 0.6 is 0 Å². The highest BCUT2D eigenvalue weighted by Crippen LogP contribution is 2.31. The van der Waals surface area contributed by atoms with Gasteiger partial charge in [0, 0.05) is 42.1 Å². The number of nitrogens with one attached hydrogen (secondary N) is 3. The minimum Gasteiger partial charge on any atom is -0.361 e. The number of rotatable bonds is 7. The van der Waals surface area contributed by atoms with Gasteiger partial charge in [0.25, 0.3) is 11.8 Å². The van der Waals surface area contributed by atoms with Crippen molar-refractivity contribution < 1.29 is 18.0 Å². The zero-order valence-corrected chi connectivity index (χ0v) is 23.2. The number of nitrogens with zero attached hydrogens (tertiary/aromatic N) is 4. The lowest BCUT2D eigenvalue weighted by Gasteiger charge is -2.32. The number of sulfonamides is 1. The summed E-state index contributed by atoms with van der Waals surface area (Å²) in [5.74, 6) is -0.572. The molecule has 5 aromatic rings. The standard InChI is InChI=1S/C29H29N7O4S/c1-2-41(39,40)34-28(37)23-18-32-36-26(23)31-17-24(27(36)33-22-8-9-25-21(16-22)10-13-30-25)29(38)35-14-11-20(12-15-35)19-6-4-3-5-7-19/h3-10,13,16-18,20,30,33H,2,11-12,14-15H2,1H3,(H,34,37). The second-order valence-electron chi connectivity index (χ2n) is 10.0. The molecule has 0 spiro atoms. The Hall–Kier alpha value is -4.71. The fourth-order valence-corrected chi connectivity index (χ4v) is 5.75. The number of fused-ring (bicyclic) bond motifs is 2. The number of aromatic nitrogens is 4. The smallest absolute Gasteiger partial charge is 0.270 e. The van der Waals surface area contributed by atoms with Crippen LogP contribution in [0.5, 0.6) is 0 Å². The Kier molecular flexibility index (Phi) is 6.91. The van der Waals surface area contributed by atoms with Crippen LogP contribution in [-0.2, 0) is 10.0 Å². The minimum absolute atomic E-state index is 0.0196. The Morgan fingerprint density at radius 2 is 1.80 bits per heavy atom. The normalized spacial score (nSPS) is 14.4. The summed E-state index contributed by atoms with van der Waals surface area (Å²) in [4.78, 5) is 36.1. The van der Waals surface area contributed by atoms with E-state index in [1.54, 1.807) is 0 Å². The fraction of sp³-hybridized carbons (Fsp3) is 0.241. The van der Waals surface area contributed by atoms with Crippen molar-refractivity contribution in [2.24, 2.45) is 0 Å². The van der Waals surface area contributed by atoms with Gasteiger partial charge in [0.05, 0.1) is 11.9 Å². The molecule has 41 heavy (non-hydrogen) atoms. The number of hydrogen-bond acceptors (Lipinski definition) is 7. The molecular weight excluding hydrogens is 542 g/mol. The first-order valence-corrected chi connectivity index (χ1v) is 15.1. The van der Waals surface area contributed by atoms with Crippen LogP contribution in [0.2, 0.25) is 0 Å². The van der Waals surface area contributed by atoms with Crippen LogP contribution in [0.25, 0.3) is 16.6 Å². The summed E-state index contributed by atoms with van der Waals surface area (Å²) in [5.41, 5.74) is 3.34. The van der Waals surface area contributed by atoms with E-state index in [4.69, 9.17) is 0 Å². The lowest BCUT2D eigenvalue weighted by atomic mass is 9.89. The van der Waals surface area contributed by atoms with Crippen LogP contribution in [0.15, 0.2) is 73.2 Å². The highest BCUT2D eigenvalue weighted by Gasteiger charge is 2.29. The summed E-state index contributed by atoms with van der Waals surface area (Å²) < 4.78 is 27.5. The van der Waals surface area contributed by atoms with Crippen molar-refractivity contribution >= 4 is 49.9 Å². The molecule has 0 aliphatic carbocycles. The molecule has 1 saturated heterocycles. The monoisotopic (exact) mass is 571 g/mol. The van der Waals surface area contributed by atoms with Crippen molar-refractivity contribution in [3.8, 4) is 0 Å². The molecule has 3 N–H and O–H groups in total. The van der Waals surface area contributed by atoms with Gasteiger partial charge in [-0.1, -0.05) is 30.3 Å². The molecule has 0 atom stereocenters. The predicted molar refractivity (Wildman–Crippen MR) is 156 cm³/mol. The number of hydrogen-bond donors (Lipinski definition) is 3. The zero-order chi connectivity index (χ0) is 28.6. The molecule has 11 nitrogen and oxygen atoms in total. The van der Waals surface area contributed by atoms with Crippen molar-refractivity contribution in [2.45, 2.75) is 25.7 Å². The second kappa shape index (κ2) is 10.7. The SMILES string of the molecule is CCS(=O)(=O)NC(=O)c1cnn2c(Nc3ccc4[nH]ccc4c3)c(C(=O)N3CCC(c4ccccc4)CC3)cnc12. The summed E-state index contributed by atoms with van der Waals surface area (Å²) in [6.45, 7) is 2.62. The first-order chi connectivity index (χ1) is 19.8. The third-order valence-electron chi connectivity index (χ3n) is 7.50. The van der Waals surface area contributed by atoms with Gasteiger partial charge in [-0.3, -0.25) is 9.59 Å². The topological polar surface area (TPSA) is 142 Å². The first-order valence-electron chi connectivity index (χ1n) is 13.4. The lowest BCUT2D eigenvalue weighted by Crippen LogP contribution is -2.38. The summed E-state index contributed by atoms with van der Waals surface area (Å²) in [6, 6.07) is 18.0. The average Bonchev–Trinajstić information content (AvgIpc) is 3.65. The van der Waals surface area contributed by atoms with E-state index in [0.717, 1.165) is 23.7 Å². The van der Waals surface area contributed by atoms with E-state index in [2.05, 4.69) is 32.5 Å². The van der Waals surface area contributed by atoms with Crippen LogP contribution in [0.1, 0.15) is 52.0 Å². The molecule has 0 unspecified atom stereocenters. The molecule has 3 aromatic heterocycles. The molecule has 6 rings (SSSR count). The van der Waals surface area contributed by atoms with Crippen LogP contribution in [0.3, 0.4) is 0 Å². The predicted octanol–water partition coefficient (Wildman–Crippen LogP) is 4.05. The summed E-state index contributed by atoms with van der Waals surface area (Å²) in [7, 11) is -3.79. The van der Waals surface area contributed by atoms with Crippen molar-refractivity contribution in [1.82, 2.24) is 29.2 Å². The van der Waals surface area contributed by atoms with Gasteiger partial charge in [-0.2, -0.15) is 9.61 Å². The van der Waals surface area contributed by atoms with Crippen molar-refractivity contribution in [2.75, 3.05) is 24.2 Å². The highest BCUT2D eigenvalue weighted by molar-refractivity contribution is 7.90. The van der Waals surface area contributed by atoms with E-state index in [1.165, 1.54) is 29.4 Å². The van der Waals surface area contributed by atoms with E-state index in [1.807, 2.05) is 58.3 Å². The van der Waals surface area contributed by atoms with Gasteiger partial charge in [0.15, 0.2) is 5.65 Å². The van der Waals surface area contributed by atoms with Gasteiger partial charge in [0.2, 0.25) is 10.0 Å². The summed E-state index contributed by atoms with van der Waals surface area (Å²) in [5, 5.41) is 8.63. The van der Waals surface area contributed by atoms with Gasteiger partial charge in [-0.05, 0) is 55.5 Å². The van der Waals surface area contributed by atoms with Crippen LogP contribution in [0.4, 0.5) is 11.5 Å². The largest absolute Gasteiger partial charge is 0.361 e. The number of carbonyl (C=O) groups excluding carboxylic acids is 2. The van der Waals surface area contributed by atoms with Gasteiger partial charge in [-0.25, -0.2) is 18.1 Å². The van der Waals surface area contributed by atoms with E-state index in [0.29, 0.717) is 36.1 Å². The maximum atomic E-state index is 13.9. The van der Waals surface area contributed by atoms with Gasteiger partial charge in [0.1, 0.15) is 16.9 Å². The van der Waals surface area contributed by atoms with E-state index >= 15 is 0 Å². The average molecular weight is 572 g/mol. The molecule has 1 aliphatic heterocycles. The second-order valence-corrected chi connectivity index (χ2v) is 12.0. The van der Waals surface area contributed by atoms with Crippen molar-refractivity contribution in [3.63, 3.8) is 0 Å². The molecule has 2 aromatic carbocycles. The summed E-state index contributed by atoms with van der Waals surface area (Å²) >= 11 is 0. The molecule has 0 saturated carbocycles. The Balaban J connectivity index is 1.35. The molecule has 4 heterocycles. The van der Waals surface area contributed by atoms with Crippen molar-refractivity contribution in [1.29, 1.82) is 0 Å². The molecule has 1 fully saturated rings. The van der Waals surface area contributed by atoms with Gasteiger partial charge >= 0.3 is 0 Å². The molecule has 1 aliphatic rings. The zero-order valence-electron chi connectivity index (χ0n) is 22.4. The fourth-order valence-electron chi connectivity index (χ4n) is 5.22. The molecular formula is C29H29N7O4S. The number of likely N-dealkylation sites (tertiary alicyclic amines) is 1. The number of aromatic amines is 1. The van der Waals surface area contributed by atoms with Gasteiger partial charge in [-0.15, -0.1) is 0 Å².